The molecule has 88 valence electrons. The van der Waals surface area contributed by atoms with Crippen LogP contribution in [0.3, 0.4) is 0 Å². The van der Waals surface area contributed by atoms with E-state index in [1.165, 1.54) is 0 Å². The Hall–Kier alpha value is -1.37. The maximum Gasteiger partial charge on any atom is 0.161 e. The summed E-state index contributed by atoms with van der Waals surface area (Å²) in [6, 6.07) is 6.85. The Labute approximate surface area is 113 Å². The molecule has 2 rings (SSSR count). The standard InChI is InChI=1S/C12H12IN3O/c1-2-14-12-10(13)7-15-11(16-12)8-3-5-9(17)6-4-8/h3-7,17H,2H2,1H3,(H,14,15,16). The number of phenolic OH excluding ortho intramolecular Hbond substituents is 1. The number of hydrogen-bond donors (Lipinski definition) is 2. The van der Waals surface area contributed by atoms with Gasteiger partial charge in [-0.05, 0) is 53.8 Å². The Kier molecular flexibility index (Phi) is 3.78. The van der Waals surface area contributed by atoms with Crippen molar-refractivity contribution < 1.29 is 5.11 Å². The highest BCUT2D eigenvalue weighted by Gasteiger charge is 2.06. The summed E-state index contributed by atoms with van der Waals surface area (Å²) in [5, 5.41) is 12.4. The van der Waals surface area contributed by atoms with E-state index in [4.69, 9.17) is 0 Å². The van der Waals surface area contributed by atoms with Crippen molar-refractivity contribution in [3.63, 3.8) is 0 Å². The average Bonchev–Trinajstić information content (AvgIpc) is 2.33. The van der Waals surface area contributed by atoms with Crippen LogP contribution in [0.25, 0.3) is 11.4 Å². The molecule has 0 aliphatic rings. The van der Waals surface area contributed by atoms with Gasteiger partial charge in [0.1, 0.15) is 11.6 Å². The Bertz CT molecular complexity index is 514. The van der Waals surface area contributed by atoms with E-state index in [1.807, 2.05) is 6.92 Å². The van der Waals surface area contributed by atoms with E-state index in [9.17, 15) is 5.11 Å². The third-order valence-electron chi connectivity index (χ3n) is 2.21. The molecule has 17 heavy (non-hydrogen) atoms. The lowest BCUT2D eigenvalue weighted by molar-refractivity contribution is 0.475. The van der Waals surface area contributed by atoms with Crippen molar-refractivity contribution in [2.24, 2.45) is 0 Å². The fraction of sp³-hybridized carbons (Fsp3) is 0.167. The minimum atomic E-state index is 0.242. The van der Waals surface area contributed by atoms with Crippen LogP contribution in [0, 0.1) is 3.57 Å². The molecule has 0 atom stereocenters. The maximum absolute atomic E-state index is 9.23. The van der Waals surface area contributed by atoms with Crippen LogP contribution >= 0.6 is 22.6 Å². The molecule has 0 unspecified atom stereocenters. The number of nitrogens with one attached hydrogen (secondary N) is 1. The van der Waals surface area contributed by atoms with Crippen molar-refractivity contribution in [2.45, 2.75) is 6.92 Å². The predicted molar refractivity (Wildman–Crippen MR) is 76.0 cm³/mol. The minimum Gasteiger partial charge on any atom is -0.508 e. The summed E-state index contributed by atoms with van der Waals surface area (Å²) in [5.74, 6) is 1.73. The highest BCUT2D eigenvalue weighted by Crippen LogP contribution is 2.22. The van der Waals surface area contributed by atoms with E-state index in [0.717, 1.165) is 21.5 Å². The smallest absolute Gasteiger partial charge is 0.161 e. The van der Waals surface area contributed by atoms with E-state index in [-0.39, 0.29) is 5.75 Å². The van der Waals surface area contributed by atoms with Gasteiger partial charge in [0.15, 0.2) is 5.82 Å². The van der Waals surface area contributed by atoms with Crippen molar-refractivity contribution in [3.8, 4) is 17.1 Å². The Morgan fingerprint density at radius 1 is 1.29 bits per heavy atom. The van der Waals surface area contributed by atoms with Crippen LogP contribution in [0.4, 0.5) is 5.82 Å². The zero-order chi connectivity index (χ0) is 12.3. The zero-order valence-corrected chi connectivity index (χ0v) is 11.5. The number of anilines is 1. The molecule has 0 radical (unpaired) electrons. The minimum absolute atomic E-state index is 0.242. The van der Waals surface area contributed by atoms with Gasteiger partial charge in [0, 0.05) is 18.3 Å². The molecule has 0 saturated carbocycles. The second-order valence-electron chi connectivity index (χ2n) is 3.47. The third kappa shape index (κ3) is 2.85. The molecular formula is C12H12IN3O. The van der Waals surface area contributed by atoms with E-state index in [2.05, 4.69) is 37.9 Å². The molecule has 0 amide bonds. The lowest BCUT2D eigenvalue weighted by Crippen LogP contribution is -2.03. The van der Waals surface area contributed by atoms with Crippen LogP contribution in [0.15, 0.2) is 30.5 Å². The van der Waals surface area contributed by atoms with Gasteiger partial charge in [0.2, 0.25) is 0 Å². The Morgan fingerprint density at radius 3 is 2.65 bits per heavy atom. The molecule has 0 fully saturated rings. The number of benzene rings is 1. The monoisotopic (exact) mass is 341 g/mol. The molecule has 2 N–H and O–H groups in total. The molecule has 0 aliphatic heterocycles. The average molecular weight is 341 g/mol. The molecule has 5 heteroatoms. The molecule has 1 aromatic carbocycles. The maximum atomic E-state index is 9.23. The topological polar surface area (TPSA) is 58.0 Å². The Balaban J connectivity index is 2.39. The number of aromatic nitrogens is 2. The number of halogens is 1. The molecule has 1 heterocycles. The molecule has 0 spiro atoms. The van der Waals surface area contributed by atoms with Gasteiger partial charge >= 0.3 is 0 Å². The number of nitrogens with zero attached hydrogens (tertiary/aromatic N) is 2. The number of aromatic hydroxyl groups is 1. The van der Waals surface area contributed by atoms with E-state index in [0.29, 0.717) is 5.82 Å². The number of hydrogen-bond acceptors (Lipinski definition) is 4. The summed E-state index contributed by atoms with van der Waals surface area (Å²) >= 11 is 2.20. The fourth-order valence-corrected chi connectivity index (χ4v) is 1.86. The SMILES string of the molecule is CCNc1nc(-c2ccc(O)cc2)ncc1I. The van der Waals surface area contributed by atoms with Gasteiger partial charge in [-0.15, -0.1) is 0 Å². The second-order valence-corrected chi connectivity index (χ2v) is 4.63. The van der Waals surface area contributed by atoms with Crippen molar-refractivity contribution in [2.75, 3.05) is 11.9 Å². The van der Waals surface area contributed by atoms with Gasteiger partial charge in [-0.2, -0.15) is 0 Å². The van der Waals surface area contributed by atoms with E-state index < -0.39 is 0 Å². The lowest BCUT2D eigenvalue weighted by Gasteiger charge is -2.07. The first-order chi connectivity index (χ1) is 8.20. The summed E-state index contributed by atoms with van der Waals surface area (Å²) in [5.41, 5.74) is 0.887. The van der Waals surface area contributed by atoms with Crippen LogP contribution in [0.2, 0.25) is 0 Å². The van der Waals surface area contributed by atoms with Crippen LogP contribution in [-0.2, 0) is 0 Å². The van der Waals surface area contributed by atoms with Crippen LogP contribution in [0.1, 0.15) is 6.92 Å². The van der Waals surface area contributed by atoms with Gasteiger partial charge < -0.3 is 10.4 Å². The third-order valence-corrected chi connectivity index (χ3v) is 3.00. The van der Waals surface area contributed by atoms with Crippen LogP contribution in [-0.4, -0.2) is 21.6 Å². The van der Waals surface area contributed by atoms with Gasteiger partial charge in [-0.1, -0.05) is 0 Å². The van der Waals surface area contributed by atoms with Crippen molar-refractivity contribution in [1.29, 1.82) is 0 Å². The largest absolute Gasteiger partial charge is 0.508 e. The summed E-state index contributed by atoms with van der Waals surface area (Å²) < 4.78 is 0.993. The van der Waals surface area contributed by atoms with Gasteiger partial charge in [0.05, 0.1) is 3.57 Å². The Morgan fingerprint density at radius 2 is 2.00 bits per heavy atom. The van der Waals surface area contributed by atoms with Crippen molar-refractivity contribution in [3.05, 3.63) is 34.0 Å². The zero-order valence-electron chi connectivity index (χ0n) is 9.31. The number of phenols is 1. The summed E-state index contributed by atoms with van der Waals surface area (Å²) in [6.07, 6.45) is 1.79. The van der Waals surface area contributed by atoms with E-state index >= 15 is 0 Å². The summed E-state index contributed by atoms with van der Waals surface area (Å²) in [6.45, 7) is 2.85. The first-order valence-corrected chi connectivity index (χ1v) is 6.34. The van der Waals surface area contributed by atoms with Crippen LogP contribution < -0.4 is 5.32 Å². The first-order valence-electron chi connectivity index (χ1n) is 5.26. The second kappa shape index (κ2) is 5.31. The molecular weight excluding hydrogens is 329 g/mol. The van der Waals surface area contributed by atoms with Crippen molar-refractivity contribution >= 4 is 28.4 Å². The molecule has 1 aromatic heterocycles. The lowest BCUT2D eigenvalue weighted by atomic mass is 10.2. The quantitative estimate of drug-likeness (QED) is 0.843. The predicted octanol–water partition coefficient (Wildman–Crippen LogP) is 2.89. The van der Waals surface area contributed by atoms with Crippen molar-refractivity contribution in [1.82, 2.24) is 9.97 Å². The van der Waals surface area contributed by atoms with Gasteiger partial charge in [0.25, 0.3) is 0 Å². The van der Waals surface area contributed by atoms with E-state index in [1.54, 1.807) is 30.5 Å². The van der Waals surface area contributed by atoms with Crippen LogP contribution in [0.5, 0.6) is 5.75 Å². The number of rotatable bonds is 3. The highest BCUT2D eigenvalue weighted by atomic mass is 127. The first kappa shape index (κ1) is 12.1. The van der Waals surface area contributed by atoms with Gasteiger partial charge in [-0.3, -0.25) is 0 Å². The highest BCUT2D eigenvalue weighted by molar-refractivity contribution is 14.1. The molecule has 0 bridgehead atoms. The molecule has 4 nitrogen and oxygen atoms in total. The molecule has 2 aromatic rings. The molecule has 0 saturated heterocycles. The normalized spacial score (nSPS) is 10.2. The summed E-state index contributed by atoms with van der Waals surface area (Å²) in [7, 11) is 0. The fourth-order valence-electron chi connectivity index (χ4n) is 1.41. The van der Waals surface area contributed by atoms with Gasteiger partial charge in [-0.25, -0.2) is 9.97 Å². The summed E-state index contributed by atoms with van der Waals surface area (Å²) in [4.78, 5) is 8.73. The molecule has 0 aliphatic carbocycles.